The summed E-state index contributed by atoms with van der Waals surface area (Å²) in [6.45, 7) is 14.3. The summed E-state index contributed by atoms with van der Waals surface area (Å²) in [5, 5.41) is 8.71. The van der Waals surface area contributed by atoms with Gasteiger partial charge in [0.05, 0.1) is 6.04 Å². The first-order valence-electron chi connectivity index (χ1n) is 7.43. The fourth-order valence-corrected chi connectivity index (χ4v) is 1.48. The Morgan fingerprint density at radius 1 is 1.05 bits per heavy atom. The van der Waals surface area contributed by atoms with Gasteiger partial charge in [0.1, 0.15) is 5.60 Å². The van der Waals surface area contributed by atoms with Crippen LogP contribution in [0.4, 0.5) is 4.79 Å². The van der Waals surface area contributed by atoms with Crippen molar-refractivity contribution >= 4 is 12.0 Å². The van der Waals surface area contributed by atoms with Crippen LogP contribution in [-0.2, 0) is 9.53 Å². The molecule has 2 amide bonds. The van der Waals surface area contributed by atoms with Crippen molar-refractivity contribution in [3.63, 3.8) is 0 Å². The second-order valence-corrected chi connectivity index (χ2v) is 7.20. The predicted octanol–water partition coefficient (Wildman–Crippen LogP) is 1.79. The van der Waals surface area contributed by atoms with E-state index in [1.807, 2.05) is 48.5 Å². The van der Waals surface area contributed by atoms with Crippen molar-refractivity contribution in [2.24, 2.45) is 0 Å². The molecular weight excluding hydrogens is 270 g/mol. The first kappa shape index (κ1) is 19.7. The molecule has 124 valence electrons. The maximum absolute atomic E-state index is 11.8. The molecule has 1 unspecified atom stereocenters. The molecule has 0 rings (SSSR count). The lowest BCUT2D eigenvalue weighted by Crippen LogP contribution is -2.49. The molecule has 0 aliphatic heterocycles. The molecule has 21 heavy (non-hydrogen) atoms. The average Bonchev–Trinajstić information content (AvgIpc) is 2.23. The predicted molar refractivity (Wildman–Crippen MR) is 84.2 cm³/mol. The minimum absolute atomic E-state index is 0.0254. The monoisotopic (exact) mass is 301 g/mol. The van der Waals surface area contributed by atoms with E-state index in [4.69, 9.17) is 4.74 Å². The van der Waals surface area contributed by atoms with Crippen LogP contribution in [0.3, 0.4) is 0 Å². The standard InChI is InChI=1S/C15H31N3O3/c1-11(12(19)18-14(2,3)4)16-9-8-10-17-13(20)21-15(5,6)7/h11,16H,8-10H2,1-7H3,(H,17,20)(H,18,19). The van der Waals surface area contributed by atoms with Crippen LogP contribution in [0.1, 0.15) is 54.9 Å². The zero-order valence-electron chi connectivity index (χ0n) is 14.4. The molecule has 6 nitrogen and oxygen atoms in total. The van der Waals surface area contributed by atoms with E-state index in [9.17, 15) is 9.59 Å². The summed E-state index contributed by atoms with van der Waals surface area (Å²) >= 11 is 0. The van der Waals surface area contributed by atoms with Gasteiger partial charge in [-0.1, -0.05) is 0 Å². The van der Waals surface area contributed by atoms with Gasteiger partial charge in [-0.3, -0.25) is 4.79 Å². The van der Waals surface area contributed by atoms with Crippen molar-refractivity contribution in [1.82, 2.24) is 16.0 Å². The lowest BCUT2D eigenvalue weighted by molar-refractivity contribution is -0.124. The van der Waals surface area contributed by atoms with Gasteiger partial charge in [-0.2, -0.15) is 0 Å². The van der Waals surface area contributed by atoms with Crippen LogP contribution in [0, 0.1) is 0 Å². The highest BCUT2D eigenvalue weighted by Crippen LogP contribution is 2.06. The summed E-state index contributed by atoms with van der Waals surface area (Å²) in [6, 6.07) is -0.259. The fourth-order valence-electron chi connectivity index (χ4n) is 1.48. The van der Waals surface area contributed by atoms with Crippen LogP contribution in [-0.4, -0.2) is 42.3 Å². The number of ether oxygens (including phenoxy) is 1. The van der Waals surface area contributed by atoms with Gasteiger partial charge in [0.15, 0.2) is 0 Å². The summed E-state index contributed by atoms with van der Waals surface area (Å²) in [5.41, 5.74) is -0.715. The number of carbonyl (C=O) groups excluding carboxylic acids is 2. The van der Waals surface area contributed by atoms with Gasteiger partial charge in [0, 0.05) is 12.1 Å². The van der Waals surface area contributed by atoms with E-state index < -0.39 is 11.7 Å². The number of carbonyl (C=O) groups is 2. The molecule has 6 heteroatoms. The quantitative estimate of drug-likeness (QED) is 0.654. The number of hydrogen-bond donors (Lipinski definition) is 3. The highest BCUT2D eigenvalue weighted by Gasteiger charge is 2.18. The van der Waals surface area contributed by atoms with Crippen molar-refractivity contribution in [3.8, 4) is 0 Å². The topological polar surface area (TPSA) is 79.5 Å². The maximum Gasteiger partial charge on any atom is 0.407 e. The Bertz CT molecular complexity index is 343. The Morgan fingerprint density at radius 2 is 1.62 bits per heavy atom. The SMILES string of the molecule is CC(NCCCNC(=O)OC(C)(C)C)C(=O)NC(C)(C)C. The molecule has 0 spiro atoms. The van der Waals surface area contributed by atoms with Crippen molar-refractivity contribution < 1.29 is 14.3 Å². The van der Waals surface area contributed by atoms with Gasteiger partial charge in [0.25, 0.3) is 0 Å². The Hall–Kier alpha value is -1.30. The van der Waals surface area contributed by atoms with Crippen molar-refractivity contribution in [2.75, 3.05) is 13.1 Å². The number of amides is 2. The molecule has 0 aliphatic carbocycles. The first-order valence-corrected chi connectivity index (χ1v) is 7.43. The Labute approximate surface area is 128 Å². The molecule has 1 atom stereocenters. The molecule has 0 aliphatic rings. The van der Waals surface area contributed by atoms with Gasteiger partial charge in [0.2, 0.25) is 5.91 Å². The molecule has 0 aromatic carbocycles. The van der Waals surface area contributed by atoms with E-state index in [-0.39, 0.29) is 17.5 Å². The van der Waals surface area contributed by atoms with Crippen LogP contribution in [0.2, 0.25) is 0 Å². The zero-order chi connectivity index (χ0) is 16.7. The fraction of sp³-hybridized carbons (Fsp3) is 0.867. The van der Waals surface area contributed by atoms with Gasteiger partial charge in [-0.15, -0.1) is 0 Å². The number of nitrogens with one attached hydrogen (secondary N) is 3. The number of hydrogen-bond acceptors (Lipinski definition) is 4. The third-order valence-electron chi connectivity index (χ3n) is 2.36. The summed E-state index contributed by atoms with van der Waals surface area (Å²) < 4.78 is 5.12. The van der Waals surface area contributed by atoms with Gasteiger partial charge in [-0.25, -0.2) is 4.79 Å². The van der Waals surface area contributed by atoms with Gasteiger partial charge < -0.3 is 20.7 Å². The Kier molecular flexibility index (Phi) is 7.71. The summed E-state index contributed by atoms with van der Waals surface area (Å²) in [4.78, 5) is 23.2. The summed E-state index contributed by atoms with van der Waals surface area (Å²) in [6.07, 6.45) is 0.313. The molecule has 0 radical (unpaired) electrons. The molecule has 0 saturated carbocycles. The lowest BCUT2D eigenvalue weighted by Gasteiger charge is -2.23. The first-order chi connectivity index (χ1) is 9.41. The van der Waals surface area contributed by atoms with Gasteiger partial charge >= 0.3 is 6.09 Å². The minimum atomic E-state index is -0.484. The molecule has 0 saturated heterocycles. The van der Waals surface area contributed by atoms with Crippen LogP contribution >= 0.6 is 0 Å². The van der Waals surface area contributed by atoms with Gasteiger partial charge in [-0.05, 0) is 61.4 Å². The Morgan fingerprint density at radius 3 is 2.10 bits per heavy atom. The third kappa shape index (κ3) is 12.2. The molecule has 0 heterocycles. The Balaban J connectivity index is 3.76. The largest absolute Gasteiger partial charge is 0.444 e. The van der Waals surface area contributed by atoms with E-state index in [2.05, 4.69) is 16.0 Å². The average molecular weight is 301 g/mol. The smallest absolute Gasteiger partial charge is 0.407 e. The third-order valence-corrected chi connectivity index (χ3v) is 2.36. The second kappa shape index (κ2) is 8.22. The molecule has 0 aromatic heterocycles. The van der Waals surface area contributed by atoms with E-state index >= 15 is 0 Å². The summed E-state index contributed by atoms with van der Waals surface area (Å²) in [7, 11) is 0. The van der Waals surface area contributed by atoms with E-state index in [1.165, 1.54) is 0 Å². The van der Waals surface area contributed by atoms with E-state index in [1.54, 1.807) is 0 Å². The van der Waals surface area contributed by atoms with Crippen molar-refractivity contribution in [2.45, 2.75) is 72.1 Å². The number of alkyl carbamates (subject to hydrolysis) is 1. The van der Waals surface area contributed by atoms with Crippen LogP contribution in [0.15, 0.2) is 0 Å². The van der Waals surface area contributed by atoms with Crippen LogP contribution < -0.4 is 16.0 Å². The molecular formula is C15H31N3O3. The van der Waals surface area contributed by atoms with E-state index in [0.717, 1.165) is 6.42 Å². The summed E-state index contributed by atoms with van der Waals surface area (Å²) in [5.74, 6) is -0.0254. The molecule has 3 N–H and O–H groups in total. The van der Waals surface area contributed by atoms with Crippen molar-refractivity contribution in [3.05, 3.63) is 0 Å². The molecule has 0 aromatic rings. The van der Waals surface area contributed by atoms with Crippen LogP contribution in [0.5, 0.6) is 0 Å². The second-order valence-electron chi connectivity index (χ2n) is 7.20. The zero-order valence-corrected chi connectivity index (χ0v) is 14.4. The normalized spacial score (nSPS) is 13.5. The highest BCUT2D eigenvalue weighted by molar-refractivity contribution is 5.81. The van der Waals surface area contributed by atoms with Crippen LogP contribution in [0.25, 0.3) is 0 Å². The lowest BCUT2D eigenvalue weighted by atomic mass is 10.1. The maximum atomic E-state index is 11.8. The minimum Gasteiger partial charge on any atom is -0.444 e. The van der Waals surface area contributed by atoms with Crippen molar-refractivity contribution in [1.29, 1.82) is 0 Å². The molecule has 0 fully saturated rings. The van der Waals surface area contributed by atoms with E-state index in [0.29, 0.717) is 13.1 Å². The molecule has 0 bridgehead atoms. The highest BCUT2D eigenvalue weighted by atomic mass is 16.6. The number of rotatable bonds is 6.